The van der Waals surface area contributed by atoms with Crippen LogP contribution in [0.5, 0.6) is 0 Å². The molecule has 2 rings (SSSR count). The number of hydrogen-bond acceptors (Lipinski definition) is 0. The van der Waals surface area contributed by atoms with E-state index < -0.39 is 8.07 Å². The van der Waals surface area contributed by atoms with Crippen LogP contribution in [0.2, 0.25) is 13.1 Å². The van der Waals surface area contributed by atoms with Gasteiger partial charge in [-0.1, -0.05) is 90.2 Å². The molecular formula is C17H20Si. The Morgan fingerprint density at radius 1 is 0.833 bits per heavy atom. The van der Waals surface area contributed by atoms with Gasteiger partial charge >= 0.3 is 0 Å². The maximum atomic E-state index is 2.41. The van der Waals surface area contributed by atoms with Crippen LogP contribution in [-0.2, 0) is 0 Å². The van der Waals surface area contributed by atoms with Crippen molar-refractivity contribution in [2.45, 2.75) is 20.0 Å². The molecule has 0 aliphatic heterocycles. The van der Waals surface area contributed by atoms with Crippen molar-refractivity contribution in [2.75, 3.05) is 0 Å². The first kappa shape index (κ1) is 12.8. The lowest BCUT2D eigenvalue weighted by Gasteiger charge is -2.24. The second-order valence-electron chi connectivity index (χ2n) is 5.23. The highest BCUT2D eigenvalue weighted by molar-refractivity contribution is 6.96. The summed E-state index contributed by atoms with van der Waals surface area (Å²) < 4.78 is 0. The van der Waals surface area contributed by atoms with Crippen molar-refractivity contribution in [3.8, 4) is 0 Å². The molecule has 0 amide bonds. The molecule has 92 valence electrons. The highest BCUT2D eigenvalue weighted by Crippen LogP contribution is 2.17. The Morgan fingerprint density at radius 2 is 1.33 bits per heavy atom. The molecule has 0 saturated carbocycles. The minimum absolute atomic E-state index is 1.30. The summed E-state index contributed by atoms with van der Waals surface area (Å²) in [4.78, 5) is 0. The van der Waals surface area contributed by atoms with Crippen molar-refractivity contribution in [1.82, 2.24) is 0 Å². The Labute approximate surface area is 111 Å². The zero-order valence-electron chi connectivity index (χ0n) is 11.4. The molecular weight excluding hydrogens is 233 g/mol. The van der Waals surface area contributed by atoms with Crippen molar-refractivity contribution in [3.63, 3.8) is 0 Å². The Morgan fingerprint density at radius 3 is 1.89 bits per heavy atom. The molecule has 0 aliphatic carbocycles. The average Bonchev–Trinajstić information content (AvgIpc) is 2.41. The maximum Gasteiger partial charge on any atom is 0.107 e. The molecule has 2 aromatic rings. The second-order valence-corrected chi connectivity index (χ2v) is 9.85. The Hall–Kier alpha value is -1.60. The van der Waals surface area contributed by atoms with E-state index in [9.17, 15) is 0 Å². The molecule has 0 aliphatic rings. The van der Waals surface area contributed by atoms with E-state index in [1.165, 1.54) is 15.9 Å². The largest absolute Gasteiger partial charge is 0.107 e. The smallest absolute Gasteiger partial charge is 0.0785 e. The summed E-state index contributed by atoms with van der Waals surface area (Å²) in [6.45, 7) is 7.10. The molecule has 0 N–H and O–H groups in total. The van der Waals surface area contributed by atoms with Gasteiger partial charge in [-0.05, 0) is 12.5 Å². The van der Waals surface area contributed by atoms with Crippen LogP contribution in [0.3, 0.4) is 0 Å². The summed E-state index contributed by atoms with van der Waals surface area (Å²) in [5.41, 5.74) is 1.30. The normalized spacial score (nSPS) is 12.5. The van der Waals surface area contributed by atoms with Gasteiger partial charge in [-0.25, -0.2) is 0 Å². The number of allylic oxidation sites excluding steroid dienone is 1. The molecule has 0 aromatic heterocycles. The Bertz CT molecular complexity index is 524. The van der Waals surface area contributed by atoms with Crippen molar-refractivity contribution < 1.29 is 0 Å². The molecule has 1 heteroatoms. The first-order valence-corrected chi connectivity index (χ1v) is 9.40. The predicted octanol–water partition coefficient (Wildman–Crippen LogP) is 4.24. The second kappa shape index (κ2) is 5.36. The molecule has 0 nitrogen and oxygen atoms in total. The van der Waals surface area contributed by atoms with Gasteiger partial charge in [-0.3, -0.25) is 0 Å². The van der Waals surface area contributed by atoms with E-state index in [1.807, 2.05) is 0 Å². The molecule has 2 aromatic carbocycles. The third-order valence-corrected chi connectivity index (χ3v) is 7.56. The first-order chi connectivity index (χ1) is 8.60. The van der Waals surface area contributed by atoms with Gasteiger partial charge in [0.1, 0.15) is 8.07 Å². The van der Waals surface area contributed by atoms with Crippen LogP contribution in [0.15, 0.2) is 65.9 Å². The van der Waals surface area contributed by atoms with E-state index in [1.54, 1.807) is 0 Å². The highest BCUT2D eigenvalue weighted by Gasteiger charge is 2.24. The fourth-order valence-electron chi connectivity index (χ4n) is 2.06. The molecule has 0 radical (unpaired) electrons. The molecule has 0 bridgehead atoms. The Balaban J connectivity index is 2.33. The molecule has 0 atom stereocenters. The molecule has 0 fully saturated rings. The number of rotatable bonds is 3. The van der Waals surface area contributed by atoms with Gasteiger partial charge < -0.3 is 0 Å². The Kier molecular flexibility index (Phi) is 3.83. The fraction of sp³-hybridized carbons (Fsp3) is 0.176. The van der Waals surface area contributed by atoms with Gasteiger partial charge in [-0.15, -0.1) is 0 Å². The number of hydrogen-bond donors (Lipinski definition) is 0. The summed E-state index contributed by atoms with van der Waals surface area (Å²) in [5.74, 6) is 0. The summed E-state index contributed by atoms with van der Waals surface area (Å²) in [7, 11) is -1.50. The third-order valence-electron chi connectivity index (χ3n) is 3.66. The van der Waals surface area contributed by atoms with Gasteiger partial charge in [0.05, 0.1) is 0 Å². The van der Waals surface area contributed by atoms with Gasteiger partial charge in [0.15, 0.2) is 0 Å². The van der Waals surface area contributed by atoms with E-state index in [2.05, 4.69) is 86.8 Å². The van der Waals surface area contributed by atoms with Gasteiger partial charge in [0.2, 0.25) is 0 Å². The lowest BCUT2D eigenvalue weighted by Crippen LogP contribution is -2.42. The topological polar surface area (TPSA) is 0 Å². The molecule has 0 heterocycles. The minimum atomic E-state index is -1.50. The monoisotopic (exact) mass is 253 g/mol. The van der Waals surface area contributed by atoms with Crippen LogP contribution in [0.4, 0.5) is 0 Å². The molecule has 0 unspecified atom stereocenters. The summed E-state index contributed by atoms with van der Waals surface area (Å²) >= 11 is 0. The van der Waals surface area contributed by atoms with Crippen LogP contribution >= 0.6 is 0 Å². The summed E-state index contributed by atoms with van der Waals surface area (Å²) in [5, 5.41) is 3.01. The zero-order chi connectivity index (χ0) is 13.0. The highest BCUT2D eigenvalue weighted by atomic mass is 28.3. The summed E-state index contributed by atoms with van der Waals surface area (Å²) in [6.07, 6.45) is 2.33. The lowest BCUT2D eigenvalue weighted by atomic mass is 10.3. The quantitative estimate of drug-likeness (QED) is 0.567. The predicted molar refractivity (Wildman–Crippen MR) is 83.7 cm³/mol. The maximum absolute atomic E-state index is 2.41. The van der Waals surface area contributed by atoms with E-state index in [4.69, 9.17) is 0 Å². The van der Waals surface area contributed by atoms with Crippen LogP contribution < -0.4 is 5.19 Å². The SMILES string of the molecule is C/C(=[13CH]\c1ccccc1)[Si](C)(C)c1ccccc1. The van der Waals surface area contributed by atoms with Crippen LogP contribution in [0, 0.1) is 0 Å². The van der Waals surface area contributed by atoms with Gasteiger partial charge in [0, 0.05) is 0 Å². The molecule has 18 heavy (non-hydrogen) atoms. The van der Waals surface area contributed by atoms with Crippen LogP contribution in [-0.4, -0.2) is 8.07 Å². The van der Waals surface area contributed by atoms with E-state index in [-0.39, 0.29) is 0 Å². The van der Waals surface area contributed by atoms with Crippen LogP contribution in [0.25, 0.3) is 6.08 Å². The van der Waals surface area contributed by atoms with Crippen molar-refractivity contribution in [3.05, 3.63) is 71.4 Å². The average molecular weight is 253 g/mol. The minimum Gasteiger partial charge on any atom is -0.0785 e. The number of benzene rings is 2. The van der Waals surface area contributed by atoms with Gasteiger partial charge in [0.25, 0.3) is 0 Å². The molecule has 0 saturated heterocycles. The van der Waals surface area contributed by atoms with Gasteiger partial charge in [-0.2, -0.15) is 0 Å². The standard InChI is InChI=1S/C17H20Si/c1-15(14-16-10-6-4-7-11-16)18(2,3)17-12-8-5-9-13-17/h4-14H,1-3H3/b15-14+/i14+1. The van der Waals surface area contributed by atoms with E-state index >= 15 is 0 Å². The lowest BCUT2D eigenvalue weighted by molar-refractivity contribution is 1.55. The van der Waals surface area contributed by atoms with Crippen molar-refractivity contribution >= 4 is 19.3 Å². The van der Waals surface area contributed by atoms with E-state index in [0.29, 0.717) is 0 Å². The van der Waals surface area contributed by atoms with Crippen molar-refractivity contribution in [2.24, 2.45) is 0 Å². The third kappa shape index (κ3) is 2.80. The first-order valence-electron chi connectivity index (χ1n) is 6.40. The summed E-state index contributed by atoms with van der Waals surface area (Å²) in [6, 6.07) is 21.5. The van der Waals surface area contributed by atoms with E-state index in [0.717, 1.165) is 0 Å². The molecule has 0 spiro atoms. The van der Waals surface area contributed by atoms with Crippen LogP contribution in [0.1, 0.15) is 12.5 Å². The van der Waals surface area contributed by atoms with Crippen molar-refractivity contribution in [1.29, 1.82) is 0 Å². The fourth-order valence-corrected chi connectivity index (χ4v) is 4.07. The zero-order valence-corrected chi connectivity index (χ0v) is 12.4.